The van der Waals surface area contributed by atoms with Gasteiger partial charge in [-0.25, -0.2) is 4.99 Å². The van der Waals surface area contributed by atoms with E-state index in [1.807, 2.05) is 30.3 Å². The lowest BCUT2D eigenvalue weighted by atomic mass is 10.1. The van der Waals surface area contributed by atoms with Crippen molar-refractivity contribution in [1.29, 1.82) is 0 Å². The molecule has 2 aromatic rings. The summed E-state index contributed by atoms with van der Waals surface area (Å²) in [7, 11) is 0. The van der Waals surface area contributed by atoms with Crippen molar-refractivity contribution >= 4 is 11.6 Å². The van der Waals surface area contributed by atoms with Gasteiger partial charge in [-0.05, 0) is 18.2 Å². The van der Waals surface area contributed by atoms with Gasteiger partial charge in [-0.3, -0.25) is 4.98 Å². The molecule has 96 valence electrons. The number of rotatable bonds is 1. The number of hydrogen-bond acceptors (Lipinski definition) is 3. The van der Waals surface area contributed by atoms with Crippen LogP contribution in [0.3, 0.4) is 0 Å². The molecule has 4 heteroatoms. The van der Waals surface area contributed by atoms with E-state index >= 15 is 0 Å². The standard InChI is InChI=1S/C15H13FN2O/c1-15(16)9-12-10-17-8-7-13(12)18-14(19-15)11-5-3-2-4-6-11/h2-8,10H,9H2,1H3/t15-/m1/s1. The van der Waals surface area contributed by atoms with Crippen LogP contribution in [0.4, 0.5) is 10.1 Å². The van der Waals surface area contributed by atoms with Crippen LogP contribution in [0.25, 0.3) is 0 Å². The highest BCUT2D eigenvalue weighted by molar-refractivity contribution is 5.96. The molecule has 0 spiro atoms. The first-order valence-corrected chi connectivity index (χ1v) is 6.09. The third-order valence-corrected chi connectivity index (χ3v) is 2.94. The van der Waals surface area contributed by atoms with Crippen LogP contribution in [0.15, 0.2) is 53.8 Å². The van der Waals surface area contributed by atoms with E-state index in [1.165, 1.54) is 6.92 Å². The van der Waals surface area contributed by atoms with E-state index in [-0.39, 0.29) is 6.42 Å². The fourth-order valence-corrected chi connectivity index (χ4v) is 2.08. The molecule has 0 unspecified atom stereocenters. The van der Waals surface area contributed by atoms with Gasteiger partial charge >= 0.3 is 0 Å². The Morgan fingerprint density at radius 3 is 2.79 bits per heavy atom. The zero-order chi connectivity index (χ0) is 13.3. The van der Waals surface area contributed by atoms with Gasteiger partial charge in [0.2, 0.25) is 5.90 Å². The number of ether oxygens (including phenoxy) is 1. The number of alkyl halides is 1. The van der Waals surface area contributed by atoms with Gasteiger partial charge in [0.25, 0.3) is 5.85 Å². The number of aliphatic imine (C=N–C) groups is 1. The Hall–Kier alpha value is -2.23. The highest BCUT2D eigenvalue weighted by atomic mass is 19.2. The van der Waals surface area contributed by atoms with Crippen LogP contribution in [-0.4, -0.2) is 16.7 Å². The first-order valence-electron chi connectivity index (χ1n) is 6.09. The quantitative estimate of drug-likeness (QED) is 0.783. The van der Waals surface area contributed by atoms with Crippen molar-refractivity contribution in [2.45, 2.75) is 19.2 Å². The summed E-state index contributed by atoms with van der Waals surface area (Å²) in [6.07, 6.45) is 3.41. The van der Waals surface area contributed by atoms with Gasteiger partial charge in [-0.15, -0.1) is 0 Å². The Kier molecular flexibility index (Phi) is 2.78. The average Bonchev–Trinajstić information content (AvgIpc) is 2.54. The van der Waals surface area contributed by atoms with E-state index in [1.54, 1.807) is 18.5 Å². The van der Waals surface area contributed by atoms with Crippen LogP contribution in [0.5, 0.6) is 0 Å². The van der Waals surface area contributed by atoms with Crippen LogP contribution >= 0.6 is 0 Å². The van der Waals surface area contributed by atoms with E-state index < -0.39 is 5.85 Å². The molecule has 1 atom stereocenters. The van der Waals surface area contributed by atoms with Gasteiger partial charge in [0.05, 0.1) is 5.69 Å². The molecular formula is C15H13FN2O. The summed E-state index contributed by atoms with van der Waals surface area (Å²) in [4.78, 5) is 8.43. The molecule has 0 aliphatic carbocycles. The summed E-state index contributed by atoms with van der Waals surface area (Å²) >= 11 is 0. The Balaban J connectivity index is 2.12. The van der Waals surface area contributed by atoms with Crippen molar-refractivity contribution < 1.29 is 9.13 Å². The van der Waals surface area contributed by atoms with Gasteiger partial charge < -0.3 is 4.74 Å². The molecule has 0 saturated carbocycles. The molecule has 1 aromatic heterocycles. The summed E-state index contributed by atoms with van der Waals surface area (Å²) in [5, 5.41) is 0. The molecule has 1 aliphatic rings. The second-order valence-electron chi connectivity index (χ2n) is 4.67. The minimum Gasteiger partial charge on any atom is -0.440 e. The first kappa shape index (κ1) is 11.8. The molecule has 0 saturated heterocycles. The first-order chi connectivity index (χ1) is 9.14. The number of benzene rings is 1. The smallest absolute Gasteiger partial charge is 0.251 e. The molecule has 0 N–H and O–H groups in total. The maximum absolute atomic E-state index is 14.4. The lowest BCUT2D eigenvalue weighted by Crippen LogP contribution is -2.28. The monoisotopic (exact) mass is 256 g/mol. The summed E-state index contributed by atoms with van der Waals surface area (Å²) < 4.78 is 19.8. The number of pyridine rings is 1. The highest BCUT2D eigenvalue weighted by Gasteiger charge is 2.31. The maximum atomic E-state index is 14.4. The third kappa shape index (κ3) is 2.47. The minimum absolute atomic E-state index is 0.135. The van der Waals surface area contributed by atoms with Crippen molar-refractivity contribution in [2.24, 2.45) is 4.99 Å². The zero-order valence-corrected chi connectivity index (χ0v) is 10.5. The fourth-order valence-electron chi connectivity index (χ4n) is 2.08. The number of aromatic nitrogens is 1. The topological polar surface area (TPSA) is 34.5 Å². The van der Waals surface area contributed by atoms with Crippen molar-refractivity contribution in [2.75, 3.05) is 0 Å². The Labute approximate surface area is 110 Å². The molecule has 0 fully saturated rings. The summed E-state index contributed by atoms with van der Waals surface area (Å²) in [6.45, 7) is 1.41. The van der Waals surface area contributed by atoms with Gasteiger partial charge in [0.1, 0.15) is 0 Å². The second-order valence-corrected chi connectivity index (χ2v) is 4.67. The van der Waals surface area contributed by atoms with E-state index in [4.69, 9.17) is 4.74 Å². The normalized spacial score (nSPS) is 21.9. The number of hydrogen-bond donors (Lipinski definition) is 0. The third-order valence-electron chi connectivity index (χ3n) is 2.94. The predicted molar refractivity (Wildman–Crippen MR) is 71.2 cm³/mol. The Morgan fingerprint density at radius 2 is 2.00 bits per heavy atom. The van der Waals surface area contributed by atoms with Gasteiger partial charge in [0.15, 0.2) is 0 Å². The Bertz CT molecular complexity index is 623. The van der Waals surface area contributed by atoms with Crippen LogP contribution in [0, 0.1) is 0 Å². The van der Waals surface area contributed by atoms with Crippen molar-refractivity contribution in [3.8, 4) is 0 Å². The van der Waals surface area contributed by atoms with Crippen LogP contribution in [0.2, 0.25) is 0 Å². The molecule has 1 aromatic carbocycles. The van der Waals surface area contributed by atoms with Crippen LogP contribution < -0.4 is 0 Å². The largest absolute Gasteiger partial charge is 0.440 e. The molecule has 19 heavy (non-hydrogen) atoms. The molecule has 2 heterocycles. The van der Waals surface area contributed by atoms with Crippen molar-refractivity contribution in [3.05, 3.63) is 59.9 Å². The van der Waals surface area contributed by atoms with Crippen molar-refractivity contribution in [3.63, 3.8) is 0 Å². The lowest BCUT2D eigenvalue weighted by Gasteiger charge is -2.20. The van der Waals surface area contributed by atoms with Crippen molar-refractivity contribution in [1.82, 2.24) is 4.98 Å². The van der Waals surface area contributed by atoms with Gasteiger partial charge in [-0.1, -0.05) is 18.2 Å². The number of nitrogens with zero attached hydrogens (tertiary/aromatic N) is 2. The molecule has 0 bridgehead atoms. The predicted octanol–water partition coefficient (Wildman–Crippen LogP) is 3.42. The number of halogens is 1. The van der Waals surface area contributed by atoms with E-state index in [0.29, 0.717) is 11.6 Å². The van der Waals surface area contributed by atoms with Crippen LogP contribution in [0.1, 0.15) is 18.1 Å². The Morgan fingerprint density at radius 1 is 1.21 bits per heavy atom. The molecular weight excluding hydrogens is 243 g/mol. The second kappa shape index (κ2) is 4.46. The van der Waals surface area contributed by atoms with E-state index in [9.17, 15) is 4.39 Å². The molecule has 3 rings (SSSR count). The lowest BCUT2D eigenvalue weighted by molar-refractivity contribution is -0.0528. The van der Waals surface area contributed by atoms with Crippen LogP contribution in [-0.2, 0) is 11.2 Å². The number of fused-ring (bicyclic) bond motifs is 1. The summed E-state index contributed by atoms with van der Waals surface area (Å²) in [5.41, 5.74) is 2.21. The van der Waals surface area contributed by atoms with Gasteiger partial charge in [0, 0.05) is 36.9 Å². The molecule has 1 aliphatic heterocycles. The zero-order valence-electron chi connectivity index (χ0n) is 10.5. The minimum atomic E-state index is -1.79. The van der Waals surface area contributed by atoms with Gasteiger partial charge in [-0.2, -0.15) is 4.39 Å². The van der Waals surface area contributed by atoms with E-state index in [2.05, 4.69) is 9.98 Å². The molecule has 3 nitrogen and oxygen atoms in total. The molecule has 0 amide bonds. The summed E-state index contributed by atoms with van der Waals surface area (Å²) in [6, 6.07) is 11.1. The summed E-state index contributed by atoms with van der Waals surface area (Å²) in [5.74, 6) is -1.49. The highest BCUT2D eigenvalue weighted by Crippen LogP contribution is 2.31. The SMILES string of the molecule is C[C@]1(F)Cc2cnccc2N=C(c2ccccc2)O1. The average molecular weight is 256 g/mol. The van der Waals surface area contributed by atoms with E-state index in [0.717, 1.165) is 11.1 Å². The fraction of sp³-hybridized carbons (Fsp3) is 0.200. The molecule has 0 radical (unpaired) electrons. The maximum Gasteiger partial charge on any atom is 0.251 e.